The molecule has 7 heteroatoms. The fourth-order valence-corrected chi connectivity index (χ4v) is 3.75. The SMILES string of the molecule is COC(=O)CC(c1ccc(OC)cc1)c1c(O)cc(C)n(CCc2ccc(O)cc2)c1=O. The van der Waals surface area contributed by atoms with Gasteiger partial charge in [0.25, 0.3) is 5.56 Å². The highest BCUT2D eigenvalue weighted by Gasteiger charge is 2.26. The van der Waals surface area contributed by atoms with Crippen LogP contribution in [0.5, 0.6) is 17.2 Å². The van der Waals surface area contributed by atoms with Crippen LogP contribution in [0.4, 0.5) is 0 Å². The number of phenolic OH excluding ortho intramolecular Hbond substituents is 1. The van der Waals surface area contributed by atoms with E-state index < -0.39 is 11.9 Å². The number of carbonyl (C=O) groups is 1. The average molecular weight is 437 g/mol. The van der Waals surface area contributed by atoms with Crippen molar-refractivity contribution in [2.24, 2.45) is 0 Å². The fourth-order valence-electron chi connectivity index (χ4n) is 3.75. The van der Waals surface area contributed by atoms with Gasteiger partial charge >= 0.3 is 5.97 Å². The standard InChI is InChI=1S/C25H27NO6/c1-16-14-22(28)24(25(30)26(16)13-12-17-4-8-19(27)9-5-17)21(15-23(29)32-3)18-6-10-20(31-2)11-7-18/h4-11,14,21,27-28H,12-13,15H2,1-3H3. The van der Waals surface area contributed by atoms with Gasteiger partial charge in [0.05, 0.1) is 26.2 Å². The molecular weight excluding hydrogens is 410 g/mol. The van der Waals surface area contributed by atoms with Gasteiger partial charge in [0.15, 0.2) is 0 Å². The summed E-state index contributed by atoms with van der Waals surface area (Å²) in [5, 5.41) is 20.2. The lowest BCUT2D eigenvalue weighted by atomic mass is 9.88. The van der Waals surface area contributed by atoms with Crippen LogP contribution < -0.4 is 10.3 Å². The number of aryl methyl sites for hydroxylation is 2. The Bertz CT molecular complexity index is 1130. The first-order valence-electron chi connectivity index (χ1n) is 10.3. The highest BCUT2D eigenvalue weighted by Crippen LogP contribution is 2.33. The first-order valence-corrected chi connectivity index (χ1v) is 10.3. The normalized spacial score (nSPS) is 11.7. The second kappa shape index (κ2) is 10.0. The molecule has 0 aliphatic carbocycles. The number of carbonyl (C=O) groups excluding carboxylic acids is 1. The van der Waals surface area contributed by atoms with E-state index in [9.17, 15) is 19.8 Å². The Kier molecular flexibility index (Phi) is 7.20. The number of esters is 1. The van der Waals surface area contributed by atoms with Crippen LogP contribution >= 0.6 is 0 Å². The minimum absolute atomic E-state index is 0.0906. The molecule has 0 saturated heterocycles. The summed E-state index contributed by atoms with van der Waals surface area (Å²) in [7, 11) is 2.85. The molecular formula is C25H27NO6. The third-order valence-corrected chi connectivity index (χ3v) is 5.55. The molecule has 3 aromatic rings. The van der Waals surface area contributed by atoms with Crippen molar-refractivity contribution in [2.45, 2.75) is 32.2 Å². The van der Waals surface area contributed by atoms with E-state index in [1.54, 1.807) is 73.2 Å². The molecule has 0 radical (unpaired) electrons. The summed E-state index contributed by atoms with van der Waals surface area (Å²) in [5.74, 6) is -0.496. The first kappa shape index (κ1) is 22.9. The van der Waals surface area contributed by atoms with Crippen LogP contribution in [0.15, 0.2) is 59.4 Å². The number of aromatic hydroxyl groups is 2. The number of nitrogens with zero attached hydrogens (tertiary/aromatic N) is 1. The second-order valence-corrected chi connectivity index (χ2v) is 7.56. The van der Waals surface area contributed by atoms with Crippen molar-refractivity contribution >= 4 is 5.97 Å². The number of benzene rings is 2. The van der Waals surface area contributed by atoms with E-state index in [1.165, 1.54) is 7.11 Å². The van der Waals surface area contributed by atoms with Crippen molar-refractivity contribution in [1.82, 2.24) is 4.57 Å². The number of hydrogen-bond donors (Lipinski definition) is 2. The molecule has 168 valence electrons. The van der Waals surface area contributed by atoms with Crippen LogP contribution in [0.25, 0.3) is 0 Å². The van der Waals surface area contributed by atoms with Crippen molar-refractivity contribution < 1.29 is 24.5 Å². The summed E-state index contributed by atoms with van der Waals surface area (Å²) in [6, 6.07) is 15.4. The number of pyridine rings is 1. The molecule has 1 heterocycles. The molecule has 0 spiro atoms. The molecule has 0 aliphatic rings. The molecule has 0 amide bonds. The summed E-state index contributed by atoms with van der Waals surface area (Å²) in [6.45, 7) is 2.14. The van der Waals surface area contributed by atoms with Gasteiger partial charge < -0.3 is 24.3 Å². The van der Waals surface area contributed by atoms with E-state index in [2.05, 4.69) is 0 Å². The highest BCUT2D eigenvalue weighted by molar-refractivity contribution is 5.71. The topological polar surface area (TPSA) is 98.0 Å². The third-order valence-electron chi connectivity index (χ3n) is 5.55. The van der Waals surface area contributed by atoms with Crippen molar-refractivity contribution in [3.8, 4) is 17.2 Å². The van der Waals surface area contributed by atoms with Gasteiger partial charge in [0.2, 0.25) is 0 Å². The molecule has 2 aromatic carbocycles. The quantitative estimate of drug-likeness (QED) is 0.524. The third kappa shape index (κ3) is 5.11. The smallest absolute Gasteiger partial charge is 0.306 e. The Morgan fingerprint density at radius 3 is 2.28 bits per heavy atom. The number of hydrogen-bond acceptors (Lipinski definition) is 6. The van der Waals surface area contributed by atoms with Crippen molar-refractivity contribution in [1.29, 1.82) is 0 Å². The number of rotatable bonds is 8. The van der Waals surface area contributed by atoms with E-state index in [4.69, 9.17) is 9.47 Å². The molecule has 1 unspecified atom stereocenters. The van der Waals surface area contributed by atoms with Gasteiger partial charge in [-0.15, -0.1) is 0 Å². The van der Waals surface area contributed by atoms with Crippen molar-refractivity contribution in [2.75, 3.05) is 14.2 Å². The maximum Gasteiger partial charge on any atom is 0.306 e. The summed E-state index contributed by atoms with van der Waals surface area (Å²) in [5.41, 5.74) is 2.06. The lowest BCUT2D eigenvalue weighted by molar-refractivity contribution is -0.140. The molecule has 1 atom stereocenters. The average Bonchev–Trinajstić information content (AvgIpc) is 2.79. The minimum Gasteiger partial charge on any atom is -0.508 e. The summed E-state index contributed by atoms with van der Waals surface area (Å²) < 4.78 is 11.6. The number of ether oxygens (including phenoxy) is 2. The number of phenols is 1. The van der Waals surface area contributed by atoms with Gasteiger partial charge in [0.1, 0.15) is 17.2 Å². The molecule has 2 N–H and O–H groups in total. The second-order valence-electron chi connectivity index (χ2n) is 7.56. The van der Waals surface area contributed by atoms with E-state index in [0.29, 0.717) is 30.0 Å². The molecule has 1 aromatic heterocycles. The fraction of sp³-hybridized carbons (Fsp3) is 0.280. The largest absolute Gasteiger partial charge is 0.508 e. The van der Waals surface area contributed by atoms with E-state index >= 15 is 0 Å². The van der Waals surface area contributed by atoms with Crippen LogP contribution in [-0.4, -0.2) is 35.0 Å². The Hall–Kier alpha value is -3.74. The molecule has 7 nitrogen and oxygen atoms in total. The summed E-state index contributed by atoms with van der Waals surface area (Å²) in [4.78, 5) is 25.6. The number of aromatic nitrogens is 1. The van der Waals surface area contributed by atoms with Gasteiger partial charge in [-0.25, -0.2) is 0 Å². The van der Waals surface area contributed by atoms with Gasteiger partial charge in [-0.05, 0) is 54.8 Å². The Morgan fingerprint density at radius 2 is 1.69 bits per heavy atom. The van der Waals surface area contributed by atoms with Crippen LogP contribution in [0.1, 0.15) is 34.7 Å². The Balaban J connectivity index is 2.03. The summed E-state index contributed by atoms with van der Waals surface area (Å²) >= 11 is 0. The lowest BCUT2D eigenvalue weighted by Gasteiger charge is -2.21. The van der Waals surface area contributed by atoms with Crippen LogP contribution in [0, 0.1) is 6.92 Å². The Morgan fingerprint density at radius 1 is 1.03 bits per heavy atom. The van der Waals surface area contributed by atoms with E-state index in [-0.39, 0.29) is 29.0 Å². The summed E-state index contributed by atoms with van der Waals surface area (Å²) in [6.07, 6.45) is 0.474. The predicted molar refractivity (Wildman–Crippen MR) is 120 cm³/mol. The van der Waals surface area contributed by atoms with Gasteiger partial charge in [-0.1, -0.05) is 24.3 Å². The van der Waals surface area contributed by atoms with Crippen LogP contribution in [-0.2, 0) is 22.5 Å². The maximum absolute atomic E-state index is 13.5. The highest BCUT2D eigenvalue weighted by atomic mass is 16.5. The van der Waals surface area contributed by atoms with Gasteiger partial charge in [-0.3, -0.25) is 9.59 Å². The number of methoxy groups -OCH3 is 2. The zero-order chi connectivity index (χ0) is 23.3. The van der Waals surface area contributed by atoms with Crippen LogP contribution in [0.2, 0.25) is 0 Å². The molecule has 0 saturated carbocycles. The zero-order valence-corrected chi connectivity index (χ0v) is 18.4. The van der Waals surface area contributed by atoms with Gasteiger partial charge in [0, 0.05) is 18.2 Å². The molecule has 0 bridgehead atoms. The minimum atomic E-state index is -0.679. The molecule has 0 aliphatic heterocycles. The predicted octanol–water partition coefficient (Wildman–Crippen LogP) is 3.51. The maximum atomic E-state index is 13.5. The van der Waals surface area contributed by atoms with Crippen molar-refractivity contribution in [3.05, 3.63) is 87.3 Å². The van der Waals surface area contributed by atoms with E-state index in [0.717, 1.165) is 5.56 Å². The Labute approximate surface area is 186 Å². The molecule has 32 heavy (non-hydrogen) atoms. The molecule has 3 rings (SSSR count). The lowest BCUT2D eigenvalue weighted by Crippen LogP contribution is -2.29. The van der Waals surface area contributed by atoms with E-state index in [1.807, 2.05) is 0 Å². The zero-order valence-electron chi connectivity index (χ0n) is 18.4. The first-order chi connectivity index (χ1) is 15.3. The van der Waals surface area contributed by atoms with Crippen molar-refractivity contribution in [3.63, 3.8) is 0 Å². The van der Waals surface area contributed by atoms with Gasteiger partial charge in [-0.2, -0.15) is 0 Å². The monoisotopic (exact) mass is 437 g/mol. The van der Waals surface area contributed by atoms with Crippen LogP contribution in [0.3, 0.4) is 0 Å². The molecule has 0 fully saturated rings.